The van der Waals surface area contributed by atoms with Crippen LogP contribution in [-0.4, -0.2) is 7.11 Å². The van der Waals surface area contributed by atoms with Gasteiger partial charge < -0.3 is 15.8 Å². The molecule has 0 aromatic heterocycles. The molecule has 0 saturated heterocycles. The van der Waals surface area contributed by atoms with Crippen LogP contribution in [-0.2, 0) is 0 Å². The Morgan fingerprint density at radius 1 is 1.06 bits per heavy atom. The zero-order chi connectivity index (χ0) is 12.3. The third kappa shape index (κ3) is 2.50. The summed E-state index contributed by atoms with van der Waals surface area (Å²) < 4.78 is 5.29. The number of hydrogen-bond acceptors (Lipinski definition) is 3. The van der Waals surface area contributed by atoms with Crippen molar-refractivity contribution in [2.24, 2.45) is 0 Å². The number of rotatable bonds is 3. The molecule has 3 heteroatoms. The van der Waals surface area contributed by atoms with Gasteiger partial charge in [-0.15, -0.1) is 0 Å². The lowest BCUT2D eigenvalue weighted by Crippen LogP contribution is -1.97. The van der Waals surface area contributed by atoms with Gasteiger partial charge in [-0.05, 0) is 36.8 Å². The van der Waals surface area contributed by atoms with Crippen molar-refractivity contribution in [3.05, 3.63) is 48.0 Å². The van der Waals surface area contributed by atoms with E-state index < -0.39 is 0 Å². The van der Waals surface area contributed by atoms with Crippen molar-refractivity contribution in [3.8, 4) is 5.75 Å². The van der Waals surface area contributed by atoms with Gasteiger partial charge in [0, 0.05) is 11.4 Å². The van der Waals surface area contributed by atoms with Gasteiger partial charge >= 0.3 is 0 Å². The number of para-hydroxylation sites is 2. The highest BCUT2D eigenvalue weighted by Crippen LogP contribution is 2.29. The van der Waals surface area contributed by atoms with Gasteiger partial charge in [0.25, 0.3) is 0 Å². The van der Waals surface area contributed by atoms with Crippen molar-refractivity contribution in [2.45, 2.75) is 6.92 Å². The molecule has 0 radical (unpaired) electrons. The maximum absolute atomic E-state index is 5.78. The van der Waals surface area contributed by atoms with Crippen LogP contribution >= 0.6 is 0 Å². The van der Waals surface area contributed by atoms with E-state index in [1.165, 1.54) is 0 Å². The molecule has 2 aromatic rings. The Labute approximate surface area is 101 Å². The molecule has 0 saturated carbocycles. The van der Waals surface area contributed by atoms with Crippen LogP contribution in [0.5, 0.6) is 5.75 Å². The highest BCUT2D eigenvalue weighted by atomic mass is 16.5. The van der Waals surface area contributed by atoms with Gasteiger partial charge in [0.15, 0.2) is 0 Å². The lowest BCUT2D eigenvalue weighted by Gasteiger charge is -2.13. The van der Waals surface area contributed by atoms with Gasteiger partial charge in [0.2, 0.25) is 0 Å². The Bertz CT molecular complexity index is 523. The smallest absolute Gasteiger partial charge is 0.142 e. The summed E-state index contributed by atoms with van der Waals surface area (Å²) in [6, 6.07) is 13.6. The Morgan fingerprint density at radius 2 is 1.82 bits per heavy atom. The molecule has 0 aliphatic rings. The molecule has 0 bridgehead atoms. The Morgan fingerprint density at radius 3 is 2.59 bits per heavy atom. The first kappa shape index (κ1) is 11.3. The molecule has 0 aliphatic heterocycles. The van der Waals surface area contributed by atoms with Crippen LogP contribution in [0, 0.1) is 6.92 Å². The van der Waals surface area contributed by atoms with Crippen molar-refractivity contribution in [1.82, 2.24) is 0 Å². The Hall–Kier alpha value is -2.16. The maximum atomic E-state index is 5.78. The first-order valence-corrected chi connectivity index (χ1v) is 5.47. The third-order valence-corrected chi connectivity index (χ3v) is 2.64. The fourth-order valence-electron chi connectivity index (χ4n) is 1.67. The summed E-state index contributed by atoms with van der Waals surface area (Å²) in [7, 11) is 1.66. The van der Waals surface area contributed by atoms with Crippen LogP contribution in [0.25, 0.3) is 0 Å². The summed E-state index contributed by atoms with van der Waals surface area (Å²) in [5, 5.41) is 3.33. The SMILES string of the molecule is COc1ccccc1Nc1cc(N)ccc1C. The Balaban J connectivity index is 2.34. The first-order valence-electron chi connectivity index (χ1n) is 5.47. The second-order valence-electron chi connectivity index (χ2n) is 3.90. The van der Waals surface area contributed by atoms with Crippen LogP contribution in [0.1, 0.15) is 5.56 Å². The molecule has 3 N–H and O–H groups in total. The molecule has 0 aliphatic carbocycles. The quantitative estimate of drug-likeness (QED) is 0.792. The average molecular weight is 228 g/mol. The van der Waals surface area contributed by atoms with Gasteiger partial charge in [-0.25, -0.2) is 0 Å². The number of methoxy groups -OCH3 is 1. The number of ether oxygens (including phenoxy) is 1. The van der Waals surface area contributed by atoms with Crippen molar-refractivity contribution in [2.75, 3.05) is 18.2 Å². The third-order valence-electron chi connectivity index (χ3n) is 2.64. The second-order valence-corrected chi connectivity index (χ2v) is 3.90. The van der Waals surface area contributed by atoms with E-state index in [1.54, 1.807) is 7.11 Å². The van der Waals surface area contributed by atoms with Gasteiger partial charge in [-0.3, -0.25) is 0 Å². The van der Waals surface area contributed by atoms with E-state index in [9.17, 15) is 0 Å². The van der Waals surface area contributed by atoms with E-state index in [1.807, 2.05) is 49.4 Å². The topological polar surface area (TPSA) is 47.3 Å². The summed E-state index contributed by atoms with van der Waals surface area (Å²) in [4.78, 5) is 0. The van der Waals surface area contributed by atoms with Crippen molar-refractivity contribution in [3.63, 3.8) is 0 Å². The fraction of sp³-hybridized carbons (Fsp3) is 0.143. The molecule has 0 amide bonds. The van der Waals surface area contributed by atoms with Crippen LogP contribution in [0.15, 0.2) is 42.5 Å². The molecule has 3 nitrogen and oxygen atoms in total. The summed E-state index contributed by atoms with van der Waals surface area (Å²) in [5.74, 6) is 0.814. The second kappa shape index (κ2) is 4.78. The zero-order valence-electron chi connectivity index (χ0n) is 10.0. The average Bonchev–Trinajstić information content (AvgIpc) is 2.34. The molecule has 17 heavy (non-hydrogen) atoms. The molecule has 0 spiro atoms. The predicted molar refractivity (Wildman–Crippen MR) is 71.9 cm³/mol. The molecule has 0 unspecified atom stereocenters. The highest BCUT2D eigenvalue weighted by Gasteiger charge is 2.04. The zero-order valence-corrected chi connectivity index (χ0v) is 10.0. The molecule has 2 aromatic carbocycles. The van der Waals surface area contributed by atoms with E-state index in [0.29, 0.717) is 0 Å². The van der Waals surface area contributed by atoms with Crippen LogP contribution in [0.4, 0.5) is 17.1 Å². The molecule has 88 valence electrons. The standard InChI is InChI=1S/C14H16N2O/c1-10-7-8-11(15)9-13(10)16-12-5-3-4-6-14(12)17-2/h3-9,16H,15H2,1-2H3. The predicted octanol–water partition coefficient (Wildman–Crippen LogP) is 3.33. The maximum Gasteiger partial charge on any atom is 0.142 e. The minimum atomic E-state index is 0.744. The monoisotopic (exact) mass is 228 g/mol. The molecular formula is C14H16N2O. The molecule has 0 heterocycles. The number of benzene rings is 2. The van der Waals surface area contributed by atoms with Crippen LogP contribution in [0.3, 0.4) is 0 Å². The van der Waals surface area contributed by atoms with E-state index in [4.69, 9.17) is 10.5 Å². The molecule has 0 atom stereocenters. The van der Waals surface area contributed by atoms with Gasteiger partial charge in [-0.2, -0.15) is 0 Å². The summed E-state index contributed by atoms with van der Waals surface area (Å²) in [6.45, 7) is 2.04. The molecule has 2 rings (SSSR count). The number of nitrogens with one attached hydrogen (secondary N) is 1. The summed E-state index contributed by atoms with van der Waals surface area (Å²) in [6.07, 6.45) is 0. The Kier molecular flexibility index (Phi) is 3.19. The summed E-state index contributed by atoms with van der Waals surface area (Å²) in [5.41, 5.74) is 9.60. The van der Waals surface area contributed by atoms with Crippen molar-refractivity contribution in [1.29, 1.82) is 0 Å². The van der Waals surface area contributed by atoms with Crippen LogP contribution in [0.2, 0.25) is 0 Å². The lowest BCUT2D eigenvalue weighted by molar-refractivity contribution is 0.417. The van der Waals surface area contributed by atoms with Gasteiger partial charge in [-0.1, -0.05) is 18.2 Å². The largest absolute Gasteiger partial charge is 0.495 e. The fourth-order valence-corrected chi connectivity index (χ4v) is 1.67. The highest BCUT2D eigenvalue weighted by molar-refractivity contribution is 5.70. The number of nitrogen functional groups attached to an aromatic ring is 1. The number of anilines is 3. The molecule has 0 fully saturated rings. The van der Waals surface area contributed by atoms with Gasteiger partial charge in [0.05, 0.1) is 12.8 Å². The minimum absolute atomic E-state index is 0.744. The van der Waals surface area contributed by atoms with E-state index in [0.717, 1.165) is 28.4 Å². The van der Waals surface area contributed by atoms with Crippen molar-refractivity contribution < 1.29 is 4.74 Å². The lowest BCUT2D eigenvalue weighted by atomic mass is 10.1. The summed E-state index contributed by atoms with van der Waals surface area (Å²) >= 11 is 0. The van der Waals surface area contributed by atoms with E-state index >= 15 is 0 Å². The van der Waals surface area contributed by atoms with Gasteiger partial charge in [0.1, 0.15) is 5.75 Å². The molecular weight excluding hydrogens is 212 g/mol. The van der Waals surface area contributed by atoms with Crippen molar-refractivity contribution >= 4 is 17.1 Å². The number of hydrogen-bond donors (Lipinski definition) is 2. The van der Waals surface area contributed by atoms with E-state index in [-0.39, 0.29) is 0 Å². The number of aryl methyl sites for hydroxylation is 1. The first-order chi connectivity index (χ1) is 8.20. The number of nitrogens with two attached hydrogens (primary N) is 1. The minimum Gasteiger partial charge on any atom is -0.495 e. The normalized spacial score (nSPS) is 10.0. The van der Waals surface area contributed by atoms with Crippen LogP contribution < -0.4 is 15.8 Å². The van der Waals surface area contributed by atoms with E-state index in [2.05, 4.69) is 5.32 Å².